The fraction of sp³-hybridized carbons (Fsp3) is 0.938. The molecule has 5 aliphatic carbocycles. The minimum Gasteiger partial charge on any atom is -0.311 e. The first kappa shape index (κ1) is 24.5. The summed E-state index contributed by atoms with van der Waals surface area (Å²) in [6.07, 6.45) is 30.2. The molecule has 3 nitrogen and oxygen atoms in total. The smallest absolute Gasteiger partial charge is 0.136 e. The third-order valence-electron chi connectivity index (χ3n) is 11.9. The highest BCUT2D eigenvalue weighted by atomic mass is 15.3. The number of aromatic nitrogens is 3. The fourth-order valence-corrected chi connectivity index (χ4v) is 9.75. The van der Waals surface area contributed by atoms with Crippen LogP contribution in [-0.4, -0.2) is 14.8 Å². The van der Waals surface area contributed by atoms with Crippen molar-refractivity contribution in [2.75, 3.05) is 0 Å². The Balaban J connectivity index is 1.24. The minimum atomic E-state index is 0.672. The van der Waals surface area contributed by atoms with E-state index >= 15 is 0 Å². The second kappa shape index (κ2) is 11.3. The molecule has 5 saturated carbocycles. The summed E-state index contributed by atoms with van der Waals surface area (Å²) in [7, 11) is 0. The predicted molar refractivity (Wildman–Crippen MR) is 145 cm³/mol. The van der Waals surface area contributed by atoms with Crippen LogP contribution in [0.25, 0.3) is 0 Å². The van der Waals surface area contributed by atoms with Crippen molar-refractivity contribution in [2.45, 2.75) is 160 Å². The molecule has 1 heterocycles. The maximum Gasteiger partial charge on any atom is 0.136 e. The van der Waals surface area contributed by atoms with Crippen molar-refractivity contribution in [3.8, 4) is 0 Å². The lowest BCUT2D eigenvalue weighted by atomic mass is 9.65. The average molecular weight is 480 g/mol. The lowest BCUT2D eigenvalue weighted by Gasteiger charge is -2.42. The van der Waals surface area contributed by atoms with Gasteiger partial charge in [0.25, 0.3) is 0 Å². The van der Waals surface area contributed by atoms with Crippen molar-refractivity contribution in [1.29, 1.82) is 0 Å². The van der Waals surface area contributed by atoms with Gasteiger partial charge in [-0.15, -0.1) is 10.2 Å². The molecular formula is C32H53N3. The first-order valence-electron chi connectivity index (χ1n) is 16.3. The maximum atomic E-state index is 5.14. The largest absolute Gasteiger partial charge is 0.311 e. The van der Waals surface area contributed by atoms with Gasteiger partial charge in [0, 0.05) is 17.9 Å². The summed E-state index contributed by atoms with van der Waals surface area (Å²) < 4.78 is 2.83. The van der Waals surface area contributed by atoms with Crippen LogP contribution in [0.2, 0.25) is 0 Å². The summed E-state index contributed by atoms with van der Waals surface area (Å²) in [6, 6.07) is 0.679. The van der Waals surface area contributed by atoms with Crippen LogP contribution < -0.4 is 0 Å². The van der Waals surface area contributed by atoms with Crippen LogP contribution in [0.3, 0.4) is 0 Å². The molecule has 3 heteroatoms. The molecule has 1 aromatic heterocycles. The highest BCUT2D eigenvalue weighted by Crippen LogP contribution is 2.50. The predicted octanol–water partition coefficient (Wildman–Crippen LogP) is 9.35. The monoisotopic (exact) mass is 479 g/mol. The first-order chi connectivity index (χ1) is 17.3. The van der Waals surface area contributed by atoms with E-state index < -0.39 is 0 Å². The molecule has 6 rings (SSSR count). The van der Waals surface area contributed by atoms with E-state index in [0.29, 0.717) is 17.9 Å². The van der Waals surface area contributed by atoms with Crippen LogP contribution in [0.5, 0.6) is 0 Å². The molecule has 0 amide bonds. The molecule has 1 aromatic rings. The molecular weight excluding hydrogens is 426 g/mol. The van der Waals surface area contributed by atoms with Gasteiger partial charge in [0.05, 0.1) is 0 Å². The maximum absolute atomic E-state index is 5.14. The van der Waals surface area contributed by atoms with Gasteiger partial charge in [-0.2, -0.15) is 0 Å². The highest BCUT2D eigenvalue weighted by molar-refractivity contribution is 5.13. The summed E-state index contributed by atoms with van der Waals surface area (Å²) in [5.74, 6) is 9.10. The van der Waals surface area contributed by atoms with Gasteiger partial charge in [0.2, 0.25) is 0 Å². The minimum absolute atomic E-state index is 0.672. The molecule has 0 radical (unpaired) electrons. The zero-order chi connectivity index (χ0) is 23.6. The Morgan fingerprint density at radius 3 is 1.97 bits per heavy atom. The van der Waals surface area contributed by atoms with E-state index in [2.05, 4.69) is 11.5 Å². The topological polar surface area (TPSA) is 30.7 Å². The van der Waals surface area contributed by atoms with Crippen molar-refractivity contribution in [3.05, 3.63) is 11.6 Å². The summed E-state index contributed by atoms with van der Waals surface area (Å²) in [6.45, 7) is 2.40. The molecule has 0 aromatic carbocycles. The van der Waals surface area contributed by atoms with Crippen LogP contribution in [0, 0.1) is 29.6 Å². The lowest BCUT2D eigenvalue weighted by molar-refractivity contribution is 0.134. The van der Waals surface area contributed by atoms with Crippen molar-refractivity contribution < 1.29 is 0 Å². The Bertz CT molecular complexity index is 790. The Kier molecular flexibility index (Phi) is 7.87. The molecule has 0 saturated heterocycles. The Hall–Kier alpha value is -0.860. The second-order valence-electron chi connectivity index (χ2n) is 13.6. The second-order valence-corrected chi connectivity index (χ2v) is 13.6. The number of hydrogen-bond acceptors (Lipinski definition) is 2. The SMILES string of the molecule is CCC1CCC(n2c(C3CCC(C4CCCCC4)CC3)nnc2C2CCCC3CCCCC32)CC1. The average Bonchev–Trinajstić information content (AvgIpc) is 3.38. The van der Waals surface area contributed by atoms with Crippen molar-refractivity contribution in [2.24, 2.45) is 29.6 Å². The van der Waals surface area contributed by atoms with E-state index in [1.54, 1.807) is 0 Å². The standard InChI is InChI=1S/C32H53N3/c1-2-23-15-21-28(22-16-23)35-31(27-19-17-25(18-20-27)24-9-4-3-5-10-24)33-34-32(35)30-14-8-12-26-11-6-7-13-29(26)30/h23-30H,2-22H2,1H3. The zero-order valence-corrected chi connectivity index (χ0v) is 22.8. The number of rotatable bonds is 5. The molecule has 3 unspecified atom stereocenters. The van der Waals surface area contributed by atoms with E-state index in [1.807, 2.05) is 0 Å². The Labute approximate surface area is 215 Å². The third kappa shape index (κ3) is 5.13. The van der Waals surface area contributed by atoms with E-state index in [0.717, 1.165) is 29.6 Å². The van der Waals surface area contributed by atoms with Crippen LogP contribution in [0.4, 0.5) is 0 Å². The lowest BCUT2D eigenvalue weighted by Crippen LogP contribution is -2.33. The molecule has 3 atom stereocenters. The third-order valence-corrected chi connectivity index (χ3v) is 11.9. The van der Waals surface area contributed by atoms with Crippen molar-refractivity contribution >= 4 is 0 Å². The molecule has 0 bridgehead atoms. The number of fused-ring (bicyclic) bond motifs is 1. The van der Waals surface area contributed by atoms with E-state index in [4.69, 9.17) is 10.2 Å². The van der Waals surface area contributed by atoms with Crippen LogP contribution in [0.1, 0.15) is 171 Å². The summed E-state index contributed by atoms with van der Waals surface area (Å²) >= 11 is 0. The van der Waals surface area contributed by atoms with E-state index in [1.165, 1.54) is 146 Å². The molecule has 0 N–H and O–H groups in total. The fourth-order valence-electron chi connectivity index (χ4n) is 9.75. The van der Waals surface area contributed by atoms with Gasteiger partial charge in [0.1, 0.15) is 11.6 Å². The van der Waals surface area contributed by atoms with E-state index in [9.17, 15) is 0 Å². The van der Waals surface area contributed by atoms with Gasteiger partial charge in [-0.05, 0) is 93.8 Å². The summed E-state index contributed by atoms with van der Waals surface area (Å²) in [4.78, 5) is 0. The van der Waals surface area contributed by atoms with Crippen molar-refractivity contribution in [1.82, 2.24) is 14.8 Å². The van der Waals surface area contributed by atoms with Crippen LogP contribution in [-0.2, 0) is 0 Å². The number of nitrogens with zero attached hydrogens (tertiary/aromatic N) is 3. The van der Waals surface area contributed by atoms with Gasteiger partial charge >= 0.3 is 0 Å². The van der Waals surface area contributed by atoms with Gasteiger partial charge in [-0.25, -0.2) is 0 Å². The van der Waals surface area contributed by atoms with Crippen LogP contribution >= 0.6 is 0 Å². The van der Waals surface area contributed by atoms with Gasteiger partial charge in [0.15, 0.2) is 0 Å². The molecule has 5 fully saturated rings. The van der Waals surface area contributed by atoms with Crippen molar-refractivity contribution in [3.63, 3.8) is 0 Å². The highest BCUT2D eigenvalue weighted by Gasteiger charge is 2.41. The Morgan fingerprint density at radius 2 is 1.20 bits per heavy atom. The van der Waals surface area contributed by atoms with Gasteiger partial charge in [-0.3, -0.25) is 0 Å². The van der Waals surface area contributed by atoms with Gasteiger partial charge < -0.3 is 4.57 Å². The van der Waals surface area contributed by atoms with Crippen LogP contribution in [0.15, 0.2) is 0 Å². The zero-order valence-electron chi connectivity index (χ0n) is 22.8. The quantitative estimate of drug-likeness (QED) is 0.421. The first-order valence-corrected chi connectivity index (χ1v) is 16.3. The summed E-state index contributed by atoms with van der Waals surface area (Å²) in [5.41, 5.74) is 0. The molecule has 0 spiro atoms. The summed E-state index contributed by atoms with van der Waals surface area (Å²) in [5, 5.41) is 10.3. The molecule has 35 heavy (non-hydrogen) atoms. The molecule has 5 aliphatic rings. The molecule has 196 valence electrons. The van der Waals surface area contributed by atoms with E-state index in [-0.39, 0.29) is 0 Å². The molecule has 0 aliphatic heterocycles. The number of hydrogen-bond donors (Lipinski definition) is 0. The normalized spacial score (nSPS) is 39.3. The Morgan fingerprint density at radius 1 is 0.571 bits per heavy atom. The van der Waals surface area contributed by atoms with Gasteiger partial charge in [-0.1, -0.05) is 77.6 Å².